The van der Waals surface area contributed by atoms with Gasteiger partial charge < -0.3 is 20.9 Å². The van der Waals surface area contributed by atoms with E-state index in [1.165, 1.54) is 35.4 Å². The Kier molecular flexibility index (Phi) is 7.22. The lowest BCUT2D eigenvalue weighted by molar-refractivity contribution is 0.442. The Morgan fingerprint density at radius 1 is 0.447 bits per heavy atom. The average Bonchev–Trinajstić information content (AvgIpc) is 2.91. The molecule has 0 radical (unpaired) electrons. The van der Waals surface area contributed by atoms with E-state index in [2.05, 4.69) is 24.3 Å². The first-order valence-electron chi connectivity index (χ1n) is 12.1. The third-order valence-corrected chi connectivity index (χ3v) is 6.05. The highest BCUT2D eigenvalue weighted by Gasteiger charge is 2.07. The molecule has 0 heterocycles. The van der Waals surface area contributed by atoms with E-state index in [0.29, 0.717) is 22.9 Å². The lowest BCUT2D eigenvalue weighted by atomic mass is 10.0. The Labute approximate surface area is 220 Å². The zero-order chi connectivity index (χ0) is 26.5. The van der Waals surface area contributed by atoms with Crippen LogP contribution < -0.4 is 20.9 Å². The molecule has 0 amide bonds. The molecule has 0 aliphatic rings. The van der Waals surface area contributed by atoms with Gasteiger partial charge in [0, 0.05) is 23.5 Å². The molecule has 0 aliphatic carbocycles. The Balaban J connectivity index is 1.16. The summed E-state index contributed by atoms with van der Waals surface area (Å²) < 4.78 is 39.2. The summed E-state index contributed by atoms with van der Waals surface area (Å²) in [5.41, 5.74) is 16.5. The Bertz CT molecular complexity index is 1420. The normalized spacial score (nSPS) is 10.8. The first kappa shape index (κ1) is 24.8. The second kappa shape index (κ2) is 11.0. The molecule has 0 bridgehead atoms. The summed E-state index contributed by atoms with van der Waals surface area (Å²) in [4.78, 5) is 0. The summed E-state index contributed by atoms with van der Waals surface area (Å²) in [5, 5.41) is 0. The smallest absolute Gasteiger partial charge is 0.167 e. The van der Waals surface area contributed by atoms with Crippen LogP contribution in [-0.4, -0.2) is 0 Å². The van der Waals surface area contributed by atoms with Gasteiger partial charge in [-0.2, -0.15) is 0 Å². The van der Waals surface area contributed by atoms with Crippen LogP contribution in [0, 0.1) is 11.6 Å². The molecule has 4 nitrogen and oxygen atoms in total. The Morgan fingerprint density at radius 3 is 1.08 bits per heavy atom. The molecule has 190 valence electrons. The summed E-state index contributed by atoms with van der Waals surface area (Å²) in [6.07, 6.45) is 1.54. The molecule has 6 heteroatoms. The minimum absolute atomic E-state index is 0.139. The number of nitrogens with two attached hydrogens (primary N) is 2. The maximum Gasteiger partial charge on any atom is 0.167 e. The van der Waals surface area contributed by atoms with Gasteiger partial charge in [0.2, 0.25) is 0 Å². The van der Waals surface area contributed by atoms with Gasteiger partial charge in [-0.1, -0.05) is 48.5 Å². The lowest BCUT2D eigenvalue weighted by Gasteiger charge is -2.09. The highest BCUT2D eigenvalue weighted by Crippen LogP contribution is 2.28. The van der Waals surface area contributed by atoms with E-state index in [-0.39, 0.29) is 11.5 Å². The Morgan fingerprint density at radius 2 is 0.763 bits per heavy atom. The van der Waals surface area contributed by atoms with Gasteiger partial charge in [0.1, 0.15) is 11.5 Å². The van der Waals surface area contributed by atoms with E-state index < -0.39 is 11.6 Å². The second-order valence-corrected chi connectivity index (χ2v) is 9.04. The topological polar surface area (TPSA) is 70.5 Å². The van der Waals surface area contributed by atoms with Crippen molar-refractivity contribution in [2.75, 3.05) is 11.5 Å². The second-order valence-electron chi connectivity index (χ2n) is 9.04. The first-order chi connectivity index (χ1) is 18.4. The summed E-state index contributed by atoms with van der Waals surface area (Å²) >= 11 is 0. The summed E-state index contributed by atoms with van der Waals surface area (Å²) in [5.74, 6) is 0.408. The molecule has 0 atom stereocenters. The van der Waals surface area contributed by atoms with Crippen molar-refractivity contribution in [2.24, 2.45) is 0 Å². The highest BCUT2D eigenvalue weighted by atomic mass is 19.1. The van der Waals surface area contributed by atoms with Crippen molar-refractivity contribution in [3.63, 3.8) is 0 Å². The van der Waals surface area contributed by atoms with E-state index >= 15 is 0 Å². The zero-order valence-corrected chi connectivity index (χ0v) is 20.5. The average molecular weight is 509 g/mol. The largest absolute Gasteiger partial charge is 0.454 e. The summed E-state index contributed by atoms with van der Waals surface area (Å²) in [6.45, 7) is 0. The number of ether oxygens (including phenoxy) is 2. The molecular weight excluding hydrogens is 482 g/mol. The minimum Gasteiger partial charge on any atom is -0.454 e. The molecule has 5 aromatic carbocycles. The molecule has 4 N–H and O–H groups in total. The van der Waals surface area contributed by atoms with Crippen molar-refractivity contribution < 1.29 is 18.3 Å². The number of halogens is 2. The quantitative estimate of drug-likeness (QED) is 0.209. The van der Waals surface area contributed by atoms with Crippen LogP contribution in [0.2, 0.25) is 0 Å². The van der Waals surface area contributed by atoms with Crippen molar-refractivity contribution in [1.82, 2.24) is 0 Å². The van der Waals surface area contributed by atoms with E-state index in [9.17, 15) is 8.78 Å². The highest BCUT2D eigenvalue weighted by molar-refractivity contribution is 5.46. The molecule has 38 heavy (non-hydrogen) atoms. The minimum atomic E-state index is -0.494. The van der Waals surface area contributed by atoms with Crippen LogP contribution >= 0.6 is 0 Å². The fourth-order valence-corrected chi connectivity index (χ4v) is 4.05. The van der Waals surface area contributed by atoms with Crippen LogP contribution in [0.3, 0.4) is 0 Å². The molecule has 0 fully saturated rings. The van der Waals surface area contributed by atoms with Gasteiger partial charge in [0.15, 0.2) is 23.1 Å². The molecule has 0 unspecified atom stereocenters. The van der Waals surface area contributed by atoms with Gasteiger partial charge in [-0.05, 0) is 83.6 Å². The van der Waals surface area contributed by atoms with Gasteiger partial charge in [-0.3, -0.25) is 0 Å². The summed E-state index contributed by atoms with van der Waals surface area (Å²) in [7, 11) is 0. The third kappa shape index (κ3) is 6.28. The molecule has 0 spiro atoms. The van der Waals surface area contributed by atoms with Crippen molar-refractivity contribution in [3.8, 4) is 23.0 Å². The molecule has 0 saturated carbocycles. The lowest BCUT2D eigenvalue weighted by Crippen LogP contribution is -1.93. The number of nitrogen functional groups attached to an aromatic ring is 2. The molecule has 0 aliphatic heterocycles. The fourth-order valence-electron chi connectivity index (χ4n) is 4.05. The van der Waals surface area contributed by atoms with Crippen molar-refractivity contribution in [3.05, 3.63) is 143 Å². The number of benzene rings is 5. The predicted octanol–water partition coefficient (Wildman–Crippen LogP) is 7.90. The Hall–Kier alpha value is -4.84. The fraction of sp³-hybridized carbons (Fsp3) is 0.0625. The third-order valence-electron chi connectivity index (χ3n) is 6.05. The number of hydrogen-bond acceptors (Lipinski definition) is 4. The SMILES string of the molecule is Nc1ccc(Oc2ccc(Cc3ccc(Cc4ccc(Oc5ccc(N)cc5F)cc4)cc3)cc2)c(F)c1. The van der Waals surface area contributed by atoms with Gasteiger partial charge in [0.25, 0.3) is 0 Å². The monoisotopic (exact) mass is 508 g/mol. The summed E-state index contributed by atoms with van der Waals surface area (Å²) in [6, 6.07) is 32.4. The van der Waals surface area contributed by atoms with E-state index in [1.807, 2.05) is 48.5 Å². The predicted molar refractivity (Wildman–Crippen MR) is 147 cm³/mol. The van der Waals surface area contributed by atoms with Crippen molar-refractivity contribution in [2.45, 2.75) is 12.8 Å². The molecule has 0 saturated heterocycles. The molecule has 0 aromatic heterocycles. The van der Waals surface area contributed by atoms with E-state index in [0.717, 1.165) is 24.0 Å². The van der Waals surface area contributed by atoms with Gasteiger partial charge >= 0.3 is 0 Å². The number of hydrogen-bond donors (Lipinski definition) is 2. The standard InChI is InChI=1S/C32H26F2N2O2/c33-29-19-25(35)9-15-31(29)37-27-11-5-23(6-12-27)17-21-1-2-22(4-3-21)18-24-7-13-28(14-8-24)38-32-16-10-26(36)20-30(32)34/h1-16,19-20H,17-18,35-36H2. The van der Waals surface area contributed by atoms with Crippen LogP contribution in [0.5, 0.6) is 23.0 Å². The van der Waals surface area contributed by atoms with Gasteiger partial charge in [0.05, 0.1) is 0 Å². The van der Waals surface area contributed by atoms with Crippen molar-refractivity contribution in [1.29, 1.82) is 0 Å². The van der Waals surface area contributed by atoms with E-state index in [4.69, 9.17) is 20.9 Å². The molecule has 5 aromatic rings. The van der Waals surface area contributed by atoms with Crippen molar-refractivity contribution >= 4 is 11.4 Å². The van der Waals surface area contributed by atoms with Crippen LogP contribution in [0.1, 0.15) is 22.3 Å². The van der Waals surface area contributed by atoms with Crippen LogP contribution in [-0.2, 0) is 12.8 Å². The number of rotatable bonds is 8. The molecule has 5 rings (SSSR count). The van der Waals surface area contributed by atoms with Gasteiger partial charge in [-0.25, -0.2) is 8.78 Å². The van der Waals surface area contributed by atoms with Crippen LogP contribution in [0.15, 0.2) is 109 Å². The number of anilines is 2. The van der Waals surface area contributed by atoms with E-state index in [1.54, 1.807) is 12.1 Å². The van der Waals surface area contributed by atoms with Gasteiger partial charge in [-0.15, -0.1) is 0 Å². The first-order valence-corrected chi connectivity index (χ1v) is 12.1. The zero-order valence-electron chi connectivity index (χ0n) is 20.5. The maximum atomic E-state index is 14.0. The van der Waals surface area contributed by atoms with Crippen LogP contribution in [0.25, 0.3) is 0 Å². The molecular formula is C32H26F2N2O2. The van der Waals surface area contributed by atoms with Crippen LogP contribution in [0.4, 0.5) is 20.2 Å². The maximum absolute atomic E-state index is 14.0.